The standard InChI is InChI=1S/C12H19O3P/c13-16(14,12-9-5-2-6-10-12)15-11-7-3-1-4-8-11/h1,3-4,7-8,12-14,16H,2,5-6,9-10H2. The third-order valence-electron chi connectivity index (χ3n) is 3.15. The molecule has 0 aromatic heterocycles. The van der Waals surface area contributed by atoms with Crippen molar-refractivity contribution in [2.24, 2.45) is 0 Å². The number of hydrogen-bond donors (Lipinski definition) is 2. The fraction of sp³-hybridized carbons (Fsp3) is 0.500. The van der Waals surface area contributed by atoms with Crippen molar-refractivity contribution < 1.29 is 14.3 Å². The Hall–Kier alpha value is -0.630. The minimum atomic E-state index is -3.54. The maximum absolute atomic E-state index is 10.1. The van der Waals surface area contributed by atoms with Crippen molar-refractivity contribution in [2.45, 2.75) is 37.8 Å². The van der Waals surface area contributed by atoms with E-state index in [-0.39, 0.29) is 5.66 Å². The van der Waals surface area contributed by atoms with E-state index >= 15 is 0 Å². The van der Waals surface area contributed by atoms with Gasteiger partial charge < -0.3 is 0 Å². The van der Waals surface area contributed by atoms with Crippen LogP contribution in [-0.2, 0) is 0 Å². The first-order chi connectivity index (χ1) is 7.68. The van der Waals surface area contributed by atoms with E-state index in [1.807, 2.05) is 18.2 Å². The predicted molar refractivity (Wildman–Crippen MR) is 66.7 cm³/mol. The van der Waals surface area contributed by atoms with Gasteiger partial charge in [-0.3, -0.25) is 0 Å². The van der Waals surface area contributed by atoms with E-state index in [4.69, 9.17) is 4.52 Å². The Bertz CT molecular complexity index is 320. The molecule has 1 aromatic carbocycles. The van der Waals surface area contributed by atoms with Gasteiger partial charge in [-0.05, 0) is 0 Å². The molecule has 4 heteroatoms. The molecule has 0 heterocycles. The number of benzene rings is 1. The van der Waals surface area contributed by atoms with Crippen molar-refractivity contribution in [3.63, 3.8) is 0 Å². The molecular formula is C12H19O3P. The summed E-state index contributed by atoms with van der Waals surface area (Å²) in [5.74, 6) is 0.560. The Morgan fingerprint density at radius 3 is 2.25 bits per heavy atom. The summed E-state index contributed by atoms with van der Waals surface area (Å²) < 4.78 is 5.39. The monoisotopic (exact) mass is 242 g/mol. The molecule has 16 heavy (non-hydrogen) atoms. The molecule has 0 amide bonds. The van der Waals surface area contributed by atoms with Crippen molar-refractivity contribution in [3.05, 3.63) is 30.3 Å². The normalized spacial score (nSPS) is 19.4. The van der Waals surface area contributed by atoms with Gasteiger partial charge in [0.25, 0.3) is 0 Å². The SMILES string of the molecule is O[PH](O)(Oc1ccccc1)C1CCCCC1. The summed E-state index contributed by atoms with van der Waals surface area (Å²) in [6, 6.07) is 9.07. The van der Waals surface area contributed by atoms with Crippen LogP contribution in [0.5, 0.6) is 5.75 Å². The second-order valence-corrected chi connectivity index (χ2v) is 6.75. The molecule has 0 unspecified atom stereocenters. The molecule has 0 radical (unpaired) electrons. The molecule has 1 saturated carbocycles. The zero-order chi connectivity index (χ0) is 11.4. The summed E-state index contributed by atoms with van der Waals surface area (Å²) in [7, 11) is -3.54. The van der Waals surface area contributed by atoms with Crippen LogP contribution in [0.1, 0.15) is 32.1 Å². The Kier molecular flexibility index (Phi) is 3.80. The van der Waals surface area contributed by atoms with Crippen molar-refractivity contribution in [1.29, 1.82) is 0 Å². The third kappa shape index (κ3) is 2.94. The summed E-state index contributed by atoms with van der Waals surface area (Å²) in [6.07, 6.45) is 5.13. The van der Waals surface area contributed by atoms with E-state index in [1.165, 1.54) is 6.42 Å². The van der Waals surface area contributed by atoms with Crippen LogP contribution >= 0.6 is 7.94 Å². The maximum atomic E-state index is 10.1. The quantitative estimate of drug-likeness (QED) is 0.801. The fourth-order valence-corrected chi connectivity index (χ4v) is 4.03. The molecule has 2 rings (SSSR count). The van der Waals surface area contributed by atoms with E-state index in [0.29, 0.717) is 5.75 Å². The molecule has 1 aliphatic carbocycles. The van der Waals surface area contributed by atoms with Gasteiger partial charge in [0.2, 0.25) is 0 Å². The number of rotatable bonds is 3. The van der Waals surface area contributed by atoms with E-state index in [0.717, 1.165) is 25.7 Å². The summed E-state index contributed by atoms with van der Waals surface area (Å²) in [5.41, 5.74) is -0.0403. The van der Waals surface area contributed by atoms with Gasteiger partial charge in [-0.15, -0.1) is 0 Å². The van der Waals surface area contributed by atoms with E-state index < -0.39 is 7.94 Å². The third-order valence-corrected chi connectivity index (χ3v) is 5.33. The van der Waals surface area contributed by atoms with Gasteiger partial charge in [-0.2, -0.15) is 0 Å². The first-order valence-corrected chi connectivity index (χ1v) is 7.75. The van der Waals surface area contributed by atoms with Crippen LogP contribution in [0.15, 0.2) is 30.3 Å². The van der Waals surface area contributed by atoms with Crippen LogP contribution in [0.2, 0.25) is 0 Å². The van der Waals surface area contributed by atoms with E-state index in [2.05, 4.69) is 0 Å². The summed E-state index contributed by atoms with van der Waals surface area (Å²) >= 11 is 0. The molecular weight excluding hydrogens is 223 g/mol. The molecule has 2 N–H and O–H groups in total. The number of para-hydroxylation sites is 1. The first-order valence-electron chi connectivity index (χ1n) is 5.87. The van der Waals surface area contributed by atoms with Crippen LogP contribution in [-0.4, -0.2) is 15.4 Å². The predicted octanol–water partition coefficient (Wildman–Crippen LogP) is 2.88. The molecule has 0 spiro atoms. The van der Waals surface area contributed by atoms with Gasteiger partial charge in [-0.25, -0.2) is 0 Å². The second-order valence-electron chi connectivity index (χ2n) is 4.41. The molecule has 90 valence electrons. The average Bonchev–Trinajstić information content (AvgIpc) is 2.31. The Labute approximate surface area is 96.7 Å². The van der Waals surface area contributed by atoms with Crippen LogP contribution in [0.3, 0.4) is 0 Å². The Morgan fingerprint density at radius 1 is 1.00 bits per heavy atom. The molecule has 1 fully saturated rings. The van der Waals surface area contributed by atoms with Crippen molar-refractivity contribution in [2.75, 3.05) is 0 Å². The number of hydrogen-bond acceptors (Lipinski definition) is 3. The van der Waals surface area contributed by atoms with Gasteiger partial charge in [0, 0.05) is 0 Å². The molecule has 0 saturated heterocycles. The minimum absolute atomic E-state index is 0.0403. The van der Waals surface area contributed by atoms with E-state index in [9.17, 15) is 9.79 Å². The summed E-state index contributed by atoms with van der Waals surface area (Å²) in [6.45, 7) is 0. The molecule has 3 nitrogen and oxygen atoms in total. The second kappa shape index (κ2) is 5.13. The molecule has 0 aliphatic heterocycles. The van der Waals surface area contributed by atoms with Gasteiger partial charge >= 0.3 is 96.1 Å². The molecule has 1 aromatic rings. The van der Waals surface area contributed by atoms with Crippen molar-refractivity contribution in [1.82, 2.24) is 0 Å². The van der Waals surface area contributed by atoms with Crippen LogP contribution in [0.25, 0.3) is 0 Å². The summed E-state index contributed by atoms with van der Waals surface area (Å²) in [5, 5.41) is 0. The van der Waals surface area contributed by atoms with Crippen molar-refractivity contribution >= 4 is 7.94 Å². The fourth-order valence-electron chi connectivity index (χ4n) is 2.22. The summed E-state index contributed by atoms with van der Waals surface area (Å²) in [4.78, 5) is 20.1. The Balaban J connectivity index is 2.01. The van der Waals surface area contributed by atoms with Gasteiger partial charge in [0.05, 0.1) is 0 Å². The zero-order valence-electron chi connectivity index (χ0n) is 9.30. The van der Waals surface area contributed by atoms with E-state index in [1.54, 1.807) is 12.1 Å². The van der Waals surface area contributed by atoms with Crippen LogP contribution in [0.4, 0.5) is 0 Å². The zero-order valence-corrected chi connectivity index (χ0v) is 10.3. The average molecular weight is 242 g/mol. The topological polar surface area (TPSA) is 49.7 Å². The van der Waals surface area contributed by atoms with Crippen LogP contribution in [0, 0.1) is 0 Å². The van der Waals surface area contributed by atoms with Gasteiger partial charge in [0.15, 0.2) is 0 Å². The van der Waals surface area contributed by atoms with Crippen molar-refractivity contribution in [3.8, 4) is 5.75 Å². The van der Waals surface area contributed by atoms with Crippen LogP contribution < -0.4 is 4.52 Å². The van der Waals surface area contributed by atoms with Gasteiger partial charge in [0.1, 0.15) is 0 Å². The molecule has 0 bridgehead atoms. The first kappa shape index (κ1) is 11.8. The van der Waals surface area contributed by atoms with Gasteiger partial charge in [-0.1, -0.05) is 0 Å². The molecule has 0 atom stereocenters. The molecule has 1 aliphatic rings. The Morgan fingerprint density at radius 2 is 1.62 bits per heavy atom.